The molecule has 29 heavy (non-hydrogen) atoms. The fraction of sp³-hybridized carbons (Fsp3) is 0.261. The summed E-state index contributed by atoms with van der Waals surface area (Å²) in [6.07, 6.45) is 5.07. The number of hydrogen-bond acceptors (Lipinski definition) is 4. The van der Waals surface area contributed by atoms with Gasteiger partial charge in [-0.3, -0.25) is 4.79 Å². The minimum absolute atomic E-state index is 0.000663. The second-order valence-corrected chi connectivity index (χ2v) is 7.53. The first-order chi connectivity index (χ1) is 14.2. The molecule has 1 N–H and O–H groups in total. The van der Waals surface area contributed by atoms with Crippen LogP contribution in [-0.2, 0) is 17.8 Å². The zero-order valence-electron chi connectivity index (χ0n) is 16.3. The van der Waals surface area contributed by atoms with Crippen molar-refractivity contribution in [2.24, 2.45) is 0 Å². The van der Waals surface area contributed by atoms with E-state index in [1.54, 1.807) is 6.92 Å². The number of para-hydroxylation sites is 1. The first kappa shape index (κ1) is 17.7. The second-order valence-electron chi connectivity index (χ2n) is 7.53. The van der Waals surface area contributed by atoms with Gasteiger partial charge in [0.15, 0.2) is 0 Å². The van der Waals surface area contributed by atoms with Gasteiger partial charge in [0.1, 0.15) is 6.54 Å². The molecule has 2 aromatic heterocycles. The monoisotopic (exact) mass is 386 g/mol. The van der Waals surface area contributed by atoms with Gasteiger partial charge >= 0.3 is 0 Å². The summed E-state index contributed by atoms with van der Waals surface area (Å²) in [5.41, 5.74) is 4.39. The van der Waals surface area contributed by atoms with Crippen LogP contribution in [0.4, 0.5) is 0 Å². The van der Waals surface area contributed by atoms with Crippen molar-refractivity contribution < 1.29 is 9.21 Å². The summed E-state index contributed by atoms with van der Waals surface area (Å²) < 4.78 is 7.57. The average Bonchev–Trinajstić information content (AvgIpc) is 3.32. The van der Waals surface area contributed by atoms with Gasteiger partial charge in [-0.15, -0.1) is 10.2 Å². The lowest BCUT2D eigenvalue weighted by atomic mass is 9.88. The van der Waals surface area contributed by atoms with Gasteiger partial charge < -0.3 is 14.3 Å². The van der Waals surface area contributed by atoms with Crippen molar-refractivity contribution in [1.82, 2.24) is 20.1 Å². The third-order valence-electron chi connectivity index (χ3n) is 5.56. The highest BCUT2D eigenvalue weighted by Crippen LogP contribution is 2.31. The molecule has 2 aromatic carbocycles. The number of fused-ring (bicyclic) bond motifs is 2. The summed E-state index contributed by atoms with van der Waals surface area (Å²) >= 11 is 0. The number of carbonyl (C=O) groups is 1. The molecule has 6 heteroatoms. The maximum absolute atomic E-state index is 12.9. The van der Waals surface area contributed by atoms with Crippen molar-refractivity contribution in [3.05, 3.63) is 71.7 Å². The molecule has 1 aliphatic carbocycles. The van der Waals surface area contributed by atoms with Gasteiger partial charge in [-0.05, 0) is 36.5 Å². The third kappa shape index (κ3) is 3.31. The third-order valence-corrected chi connectivity index (χ3v) is 5.56. The molecule has 146 valence electrons. The Hall–Kier alpha value is -3.41. The van der Waals surface area contributed by atoms with Crippen LogP contribution >= 0.6 is 0 Å². The van der Waals surface area contributed by atoms with E-state index in [-0.39, 0.29) is 18.5 Å². The summed E-state index contributed by atoms with van der Waals surface area (Å²) in [6.45, 7) is 2.01. The van der Waals surface area contributed by atoms with Crippen molar-refractivity contribution in [2.45, 2.75) is 38.8 Å². The number of amides is 1. The molecular formula is C23H22N4O2. The molecule has 0 spiro atoms. The summed E-state index contributed by atoms with van der Waals surface area (Å²) in [6, 6.07) is 16.4. The quantitative estimate of drug-likeness (QED) is 0.571. The summed E-state index contributed by atoms with van der Waals surface area (Å²) in [5, 5.41) is 12.3. The Morgan fingerprint density at radius 3 is 2.86 bits per heavy atom. The topological polar surface area (TPSA) is 73.0 Å². The zero-order valence-corrected chi connectivity index (χ0v) is 16.3. The molecule has 6 nitrogen and oxygen atoms in total. The Balaban J connectivity index is 1.42. The zero-order chi connectivity index (χ0) is 19.8. The highest BCUT2D eigenvalue weighted by Gasteiger charge is 2.22. The fourth-order valence-corrected chi connectivity index (χ4v) is 4.25. The number of carbonyl (C=O) groups excluding carboxylic acids is 1. The summed E-state index contributed by atoms with van der Waals surface area (Å²) in [5.74, 6) is 0.991. The largest absolute Gasteiger partial charge is 0.421 e. The van der Waals surface area contributed by atoms with E-state index in [2.05, 4.69) is 33.7 Å². The number of benzene rings is 2. The highest BCUT2D eigenvalue weighted by atomic mass is 16.4. The first-order valence-corrected chi connectivity index (χ1v) is 9.94. The van der Waals surface area contributed by atoms with Gasteiger partial charge in [0.2, 0.25) is 17.7 Å². The predicted octanol–water partition coefficient (Wildman–Crippen LogP) is 4.19. The van der Waals surface area contributed by atoms with Crippen molar-refractivity contribution in [3.8, 4) is 11.5 Å². The first-order valence-electron chi connectivity index (χ1n) is 9.94. The number of hydrogen-bond donors (Lipinski definition) is 1. The second kappa shape index (κ2) is 7.20. The minimum atomic E-state index is 0.000663. The van der Waals surface area contributed by atoms with E-state index in [1.807, 2.05) is 41.1 Å². The van der Waals surface area contributed by atoms with Crippen LogP contribution in [0.25, 0.3) is 22.4 Å². The predicted molar refractivity (Wildman–Crippen MR) is 110 cm³/mol. The van der Waals surface area contributed by atoms with Crippen LogP contribution in [0, 0.1) is 6.92 Å². The molecule has 1 unspecified atom stereocenters. The fourth-order valence-electron chi connectivity index (χ4n) is 4.25. The molecule has 1 amide bonds. The smallest absolute Gasteiger partial charge is 0.249 e. The average molecular weight is 386 g/mol. The molecule has 4 aromatic rings. The standard InChI is InChI=1S/C23H22N4O2/c1-15-25-26-23(29-15)19-13-27(21-12-5-4-10-18(19)21)14-22(28)24-20-11-6-8-16-7-2-3-9-17(16)20/h2-5,7,9-10,12-13,20H,6,8,11,14H2,1H3,(H,24,28). The van der Waals surface area contributed by atoms with Crippen LogP contribution < -0.4 is 5.32 Å². The van der Waals surface area contributed by atoms with E-state index in [1.165, 1.54) is 11.1 Å². The lowest BCUT2D eigenvalue weighted by Gasteiger charge is -2.26. The molecule has 5 rings (SSSR count). The van der Waals surface area contributed by atoms with Crippen molar-refractivity contribution in [2.75, 3.05) is 0 Å². The van der Waals surface area contributed by atoms with Crippen LogP contribution in [0.15, 0.2) is 59.1 Å². The molecular weight excluding hydrogens is 364 g/mol. The molecule has 2 heterocycles. The normalized spacial score (nSPS) is 16.0. The van der Waals surface area contributed by atoms with Crippen molar-refractivity contribution >= 4 is 16.8 Å². The lowest BCUT2D eigenvalue weighted by molar-refractivity contribution is -0.122. The molecule has 0 saturated heterocycles. The Morgan fingerprint density at radius 2 is 2.00 bits per heavy atom. The van der Waals surface area contributed by atoms with E-state index in [0.29, 0.717) is 11.8 Å². The number of nitrogens with one attached hydrogen (secondary N) is 1. The van der Waals surface area contributed by atoms with Gasteiger partial charge in [-0.25, -0.2) is 0 Å². The van der Waals surface area contributed by atoms with Gasteiger partial charge in [-0.1, -0.05) is 42.5 Å². The van der Waals surface area contributed by atoms with Crippen LogP contribution in [0.2, 0.25) is 0 Å². The Labute approximate surface area is 168 Å². The number of aromatic nitrogens is 3. The van der Waals surface area contributed by atoms with Gasteiger partial charge in [0, 0.05) is 24.0 Å². The van der Waals surface area contributed by atoms with E-state index < -0.39 is 0 Å². The Bertz CT molecular complexity index is 1190. The molecule has 1 atom stereocenters. The maximum Gasteiger partial charge on any atom is 0.249 e. The number of nitrogens with zero attached hydrogens (tertiary/aromatic N) is 3. The van der Waals surface area contributed by atoms with Crippen LogP contribution in [-0.4, -0.2) is 20.7 Å². The van der Waals surface area contributed by atoms with E-state index in [4.69, 9.17) is 4.42 Å². The molecule has 0 radical (unpaired) electrons. The molecule has 1 aliphatic rings. The van der Waals surface area contributed by atoms with E-state index >= 15 is 0 Å². The lowest BCUT2D eigenvalue weighted by Crippen LogP contribution is -2.33. The number of aryl methyl sites for hydroxylation is 2. The van der Waals surface area contributed by atoms with Crippen molar-refractivity contribution in [1.29, 1.82) is 0 Å². The highest BCUT2D eigenvalue weighted by molar-refractivity contribution is 5.94. The van der Waals surface area contributed by atoms with E-state index in [0.717, 1.165) is 35.7 Å². The van der Waals surface area contributed by atoms with Gasteiger partial charge in [0.05, 0.1) is 11.6 Å². The summed E-state index contributed by atoms with van der Waals surface area (Å²) in [7, 11) is 0. The molecule has 0 bridgehead atoms. The van der Waals surface area contributed by atoms with Crippen molar-refractivity contribution in [3.63, 3.8) is 0 Å². The number of rotatable bonds is 4. The Kier molecular flexibility index (Phi) is 4.39. The van der Waals surface area contributed by atoms with E-state index in [9.17, 15) is 4.79 Å². The van der Waals surface area contributed by atoms with Crippen LogP contribution in [0.3, 0.4) is 0 Å². The Morgan fingerprint density at radius 1 is 1.17 bits per heavy atom. The van der Waals surface area contributed by atoms with Crippen LogP contribution in [0.5, 0.6) is 0 Å². The van der Waals surface area contributed by atoms with Gasteiger partial charge in [-0.2, -0.15) is 0 Å². The SMILES string of the molecule is Cc1nnc(-c2cn(CC(=O)NC3CCCc4ccccc43)c3ccccc23)o1. The molecule has 0 fully saturated rings. The van der Waals surface area contributed by atoms with Crippen LogP contribution in [0.1, 0.15) is 35.9 Å². The molecule has 0 aliphatic heterocycles. The summed E-state index contributed by atoms with van der Waals surface area (Å²) in [4.78, 5) is 12.9. The molecule has 0 saturated carbocycles. The van der Waals surface area contributed by atoms with Gasteiger partial charge in [0.25, 0.3) is 0 Å². The minimum Gasteiger partial charge on any atom is -0.421 e. The maximum atomic E-state index is 12.9.